The molecule has 3 nitrogen and oxygen atoms in total. The molecule has 4 aromatic rings. The molecule has 0 spiro atoms. The Morgan fingerprint density at radius 2 is 1.61 bits per heavy atom. The minimum atomic E-state index is -4.71. The summed E-state index contributed by atoms with van der Waals surface area (Å²) in [5, 5.41) is 12.2. The molecule has 1 N–H and O–H groups in total. The number of aromatic nitrogens is 1. The Bertz CT molecular complexity index is 1300. The molecule has 174 valence electrons. The summed E-state index contributed by atoms with van der Waals surface area (Å²) in [4.78, 5) is 0. The van der Waals surface area contributed by atoms with Crippen LogP contribution < -0.4 is 8.69 Å². The number of aryl methyl sites for hydroxylation is 2. The monoisotopic (exact) mass is 474 g/mol. The number of benzene rings is 2. The van der Waals surface area contributed by atoms with E-state index in [2.05, 4.69) is 30.3 Å². The van der Waals surface area contributed by atoms with Crippen LogP contribution in [-0.2, 0) is 0 Å². The summed E-state index contributed by atoms with van der Waals surface area (Å²) in [5.74, 6) is 0. The minimum absolute atomic E-state index is 0.418. The Morgan fingerprint density at radius 1 is 0.970 bits per heavy atom. The van der Waals surface area contributed by atoms with Crippen molar-refractivity contribution in [3.05, 3.63) is 71.9 Å². The highest BCUT2D eigenvalue weighted by atomic mass is 31.1. The van der Waals surface area contributed by atoms with Crippen molar-refractivity contribution in [2.45, 2.75) is 58.4 Å². The zero-order valence-corrected chi connectivity index (χ0v) is 20.0. The topological polar surface area (TPSA) is 33.6 Å². The van der Waals surface area contributed by atoms with Gasteiger partial charge in [-0.05, 0) is 56.5 Å². The zero-order chi connectivity index (χ0) is 24.0. The second-order valence-corrected chi connectivity index (χ2v) is 10.5. The van der Waals surface area contributed by atoms with Crippen molar-refractivity contribution in [2.75, 3.05) is 0 Å². The molecule has 3 unspecified atom stereocenters. The fourth-order valence-corrected chi connectivity index (χ4v) is 6.32. The van der Waals surface area contributed by atoms with Crippen molar-refractivity contribution >= 4 is 23.9 Å². The summed E-state index contributed by atoms with van der Waals surface area (Å²) in [5.41, 5.74) is 2.50. The third-order valence-electron chi connectivity index (χ3n) is 6.16. The van der Waals surface area contributed by atoms with Crippen LogP contribution in [0.2, 0.25) is 0 Å². The molecule has 0 fully saturated rings. The van der Waals surface area contributed by atoms with E-state index in [9.17, 15) is 18.3 Å². The number of pyridine rings is 1. The quantitative estimate of drug-likeness (QED) is 0.335. The highest BCUT2D eigenvalue weighted by molar-refractivity contribution is 7.44. The number of hydrogen-bond donors (Lipinski definition) is 1. The second-order valence-electron chi connectivity index (χ2n) is 8.81. The summed E-state index contributed by atoms with van der Waals surface area (Å²) >= 11 is 0. The van der Waals surface area contributed by atoms with E-state index in [-0.39, 0.29) is 0 Å². The van der Waals surface area contributed by atoms with E-state index < -0.39 is 38.6 Å². The highest BCUT2D eigenvalue weighted by Crippen LogP contribution is 2.41. The van der Waals surface area contributed by atoms with Crippen molar-refractivity contribution in [1.29, 1.82) is 0 Å². The van der Waals surface area contributed by atoms with Gasteiger partial charge in [-0.2, -0.15) is 13.2 Å². The van der Waals surface area contributed by atoms with Gasteiger partial charge in [-0.1, -0.05) is 42.8 Å². The average molecular weight is 474 g/mol. The number of hydrogen-bond acceptors (Lipinski definition) is 2. The summed E-state index contributed by atoms with van der Waals surface area (Å²) in [6.07, 6.45) is -4.42. The van der Waals surface area contributed by atoms with Crippen LogP contribution in [0.5, 0.6) is 0 Å². The van der Waals surface area contributed by atoms with Crippen molar-refractivity contribution < 1.29 is 27.0 Å². The van der Waals surface area contributed by atoms with E-state index in [1.54, 1.807) is 6.92 Å². The number of halogens is 3. The number of rotatable bonds is 6. The Morgan fingerprint density at radius 3 is 2.24 bits per heavy atom. The molecule has 0 aliphatic heterocycles. The number of alkyl halides is 3. The van der Waals surface area contributed by atoms with Gasteiger partial charge in [-0.3, -0.25) is 4.52 Å². The summed E-state index contributed by atoms with van der Waals surface area (Å²) < 4.78 is 48.8. The Labute approximate surface area is 192 Å². The first-order chi connectivity index (χ1) is 15.5. The predicted molar refractivity (Wildman–Crippen MR) is 127 cm³/mol. The van der Waals surface area contributed by atoms with Crippen LogP contribution in [0.3, 0.4) is 0 Å². The largest absolute Gasteiger partial charge is 0.417 e. The fourth-order valence-electron chi connectivity index (χ4n) is 4.15. The van der Waals surface area contributed by atoms with Crippen molar-refractivity contribution in [3.8, 4) is 11.1 Å². The molecular weight excluding hydrogens is 446 g/mol. The summed E-state index contributed by atoms with van der Waals surface area (Å²) in [7, 11) is -1.40. The molecule has 2 aromatic heterocycles. The third-order valence-corrected chi connectivity index (χ3v) is 8.23. The molecule has 4 rings (SSSR count). The van der Waals surface area contributed by atoms with Crippen molar-refractivity contribution in [2.24, 2.45) is 0 Å². The maximum Gasteiger partial charge on any atom is 0.417 e. The Kier molecular flexibility index (Phi) is 6.30. The van der Waals surface area contributed by atoms with Gasteiger partial charge in [0.05, 0.1) is 16.6 Å². The molecule has 2 heterocycles. The maximum absolute atomic E-state index is 13.5. The number of aliphatic hydroxyl groups is 1. The van der Waals surface area contributed by atoms with E-state index in [1.807, 2.05) is 48.5 Å². The lowest BCUT2D eigenvalue weighted by molar-refractivity contribution is -0.438. The molecule has 0 saturated heterocycles. The van der Waals surface area contributed by atoms with E-state index in [1.165, 1.54) is 12.5 Å². The lowest BCUT2D eigenvalue weighted by Gasteiger charge is -2.31. The molecule has 2 aromatic carbocycles. The first-order valence-corrected chi connectivity index (χ1v) is 12.2. The van der Waals surface area contributed by atoms with Crippen LogP contribution >= 0.6 is 7.92 Å². The van der Waals surface area contributed by atoms with Crippen LogP contribution in [0, 0.1) is 13.8 Å². The van der Waals surface area contributed by atoms with Crippen LogP contribution in [0.1, 0.15) is 37.8 Å². The van der Waals surface area contributed by atoms with E-state index in [0.717, 1.165) is 32.7 Å². The Hall–Kier alpha value is -2.40. The van der Waals surface area contributed by atoms with Gasteiger partial charge in [0.2, 0.25) is 5.52 Å². The molecule has 0 amide bonds. The van der Waals surface area contributed by atoms with Crippen LogP contribution in [0.25, 0.3) is 27.1 Å². The van der Waals surface area contributed by atoms with Gasteiger partial charge in [0.1, 0.15) is 0 Å². The van der Waals surface area contributed by atoms with Crippen LogP contribution in [0.15, 0.2) is 60.8 Å². The lowest BCUT2D eigenvalue weighted by Crippen LogP contribution is -2.47. The summed E-state index contributed by atoms with van der Waals surface area (Å²) in [6.45, 7) is 6.97. The van der Waals surface area contributed by atoms with E-state index >= 15 is 0 Å². The first kappa shape index (κ1) is 23.7. The van der Waals surface area contributed by atoms with Gasteiger partial charge in [-0.15, -0.1) is 4.16 Å². The van der Waals surface area contributed by atoms with Crippen LogP contribution in [-0.4, -0.2) is 23.0 Å². The molecule has 3 atom stereocenters. The smallest absolute Gasteiger partial charge is 0.380 e. The van der Waals surface area contributed by atoms with Crippen molar-refractivity contribution in [3.63, 3.8) is 0 Å². The fraction of sp³-hybridized carbons (Fsp3) is 0.346. The molecule has 0 aliphatic rings. The molecule has 7 heteroatoms. The second kappa shape index (κ2) is 8.75. The predicted octanol–water partition coefficient (Wildman–Crippen LogP) is 6.76. The molecule has 0 saturated carbocycles. The molecule has 0 radical (unpaired) electrons. The van der Waals surface area contributed by atoms with Gasteiger partial charge in [0.15, 0.2) is 11.8 Å². The van der Waals surface area contributed by atoms with E-state index in [0.29, 0.717) is 0 Å². The Balaban J connectivity index is 1.81. The molecular formula is C26H28F3NO2P+. The normalized spacial score (nSPS) is 15.7. The van der Waals surface area contributed by atoms with Crippen LogP contribution in [0.4, 0.5) is 13.2 Å². The third kappa shape index (κ3) is 4.52. The minimum Gasteiger partial charge on any atom is -0.380 e. The lowest BCUT2D eigenvalue weighted by atomic mass is 9.93. The SMILES string of the molecule is CCC(O)(CC(C)Op1c2cc(C)ccc2c2ccc(-c3ccc(C)cc3)c[n+]21)C(F)(F)F. The molecule has 0 aliphatic carbocycles. The first-order valence-electron chi connectivity index (χ1n) is 11.0. The standard InChI is InChI=1S/C26H28F3NO2P/c1-5-25(31,26(27,28)29)15-19(4)32-33-24-14-18(3)8-12-22(24)23-13-11-21(16-30(23)33)20-9-6-17(2)7-10-20/h6-14,16,19,31H,5,15H2,1-4H3/q+1. The zero-order valence-electron chi connectivity index (χ0n) is 19.1. The van der Waals surface area contributed by atoms with Gasteiger partial charge < -0.3 is 5.11 Å². The van der Waals surface area contributed by atoms with Gasteiger partial charge >= 0.3 is 6.18 Å². The number of nitrogens with zero attached hydrogens (tertiary/aromatic N) is 1. The maximum atomic E-state index is 13.5. The average Bonchev–Trinajstić information content (AvgIpc) is 3.05. The molecule has 33 heavy (non-hydrogen) atoms. The van der Waals surface area contributed by atoms with Gasteiger partial charge in [0, 0.05) is 18.1 Å². The van der Waals surface area contributed by atoms with Gasteiger partial charge in [0.25, 0.3) is 7.92 Å². The van der Waals surface area contributed by atoms with E-state index in [4.69, 9.17) is 4.52 Å². The van der Waals surface area contributed by atoms with Crippen molar-refractivity contribution in [1.82, 2.24) is 0 Å². The molecule has 0 bridgehead atoms. The summed E-state index contributed by atoms with van der Waals surface area (Å²) in [6, 6.07) is 18.4. The highest BCUT2D eigenvalue weighted by Gasteiger charge is 2.53. The number of fused-ring (bicyclic) bond motifs is 3. The van der Waals surface area contributed by atoms with Gasteiger partial charge in [-0.25, -0.2) is 0 Å².